The molecular weight excluding hydrogens is 750 g/mol. The van der Waals surface area contributed by atoms with Crippen LogP contribution in [0.4, 0.5) is 16.4 Å². The maximum absolute atomic E-state index is 14.1. The van der Waals surface area contributed by atoms with E-state index in [2.05, 4.69) is 27.3 Å². The van der Waals surface area contributed by atoms with Crippen molar-refractivity contribution in [3.05, 3.63) is 183 Å². The third kappa shape index (κ3) is 9.96. The van der Waals surface area contributed by atoms with Crippen LogP contribution in [-0.2, 0) is 9.59 Å². The van der Waals surface area contributed by atoms with Gasteiger partial charge in [-0.2, -0.15) is 5.26 Å². The maximum atomic E-state index is 14.1. The minimum atomic E-state index is -0.786. The molecule has 0 radical (unpaired) electrons. The Kier molecular flexibility index (Phi) is 12.6. The van der Waals surface area contributed by atoms with E-state index in [1.165, 1.54) is 17.8 Å². The third-order valence-electron chi connectivity index (χ3n) is 8.11. The van der Waals surface area contributed by atoms with Crippen LogP contribution in [0.5, 0.6) is 0 Å². The van der Waals surface area contributed by atoms with Crippen LogP contribution >= 0.6 is 34.7 Å². The van der Waals surface area contributed by atoms with Crippen molar-refractivity contribution in [1.82, 2.24) is 5.32 Å². The van der Waals surface area contributed by atoms with Crippen LogP contribution < -0.4 is 21.3 Å². The molecule has 0 saturated carbocycles. The first-order chi connectivity index (χ1) is 26.7. The normalized spacial score (nSPS) is 11.5. The van der Waals surface area contributed by atoms with Crippen molar-refractivity contribution in [2.75, 3.05) is 16.0 Å². The van der Waals surface area contributed by atoms with Crippen LogP contribution in [0.25, 0.3) is 6.08 Å². The first-order valence-electron chi connectivity index (χ1n) is 16.9. The van der Waals surface area contributed by atoms with E-state index in [0.29, 0.717) is 48.4 Å². The Labute approximate surface area is 331 Å². The van der Waals surface area contributed by atoms with Gasteiger partial charge >= 0.3 is 0 Å². The third-order valence-corrected chi connectivity index (χ3v) is 10.8. The van der Waals surface area contributed by atoms with Crippen molar-refractivity contribution in [3.8, 4) is 6.07 Å². The van der Waals surface area contributed by atoms with Gasteiger partial charge in [0.2, 0.25) is 5.91 Å². The molecule has 5 aromatic carbocycles. The van der Waals surface area contributed by atoms with E-state index in [9.17, 15) is 24.4 Å². The highest BCUT2D eigenvalue weighted by Gasteiger charge is 2.27. The predicted octanol–water partition coefficient (Wildman–Crippen LogP) is 9.72. The summed E-state index contributed by atoms with van der Waals surface area (Å²) in [5.74, 6) is -1.83. The highest BCUT2D eigenvalue weighted by atomic mass is 35.5. The van der Waals surface area contributed by atoms with Gasteiger partial charge in [-0.05, 0) is 84.3 Å². The Morgan fingerprint density at radius 3 is 2.09 bits per heavy atom. The highest BCUT2D eigenvalue weighted by molar-refractivity contribution is 8.00. The molecule has 4 N–H and O–H groups in total. The molecule has 0 aliphatic rings. The van der Waals surface area contributed by atoms with Crippen LogP contribution in [0.15, 0.2) is 150 Å². The van der Waals surface area contributed by atoms with Gasteiger partial charge in [0.1, 0.15) is 22.0 Å². The highest BCUT2D eigenvalue weighted by Crippen LogP contribution is 2.39. The molecule has 1 atom stereocenters. The molecule has 6 aromatic rings. The Hall–Kier alpha value is -6.45. The molecule has 4 amide bonds. The lowest BCUT2D eigenvalue weighted by atomic mass is 10.1. The second-order valence-corrected chi connectivity index (χ2v) is 14.6. The van der Waals surface area contributed by atoms with E-state index in [1.54, 1.807) is 104 Å². The van der Waals surface area contributed by atoms with E-state index in [1.807, 2.05) is 42.5 Å². The molecule has 0 spiro atoms. The number of amides is 4. The quantitative estimate of drug-likeness (QED) is 0.0720. The van der Waals surface area contributed by atoms with Gasteiger partial charge in [-0.1, -0.05) is 96.5 Å². The lowest BCUT2D eigenvalue weighted by Gasteiger charge is -2.17. The Morgan fingerprint density at radius 2 is 1.40 bits per heavy atom. The number of carbonyl (C=O) groups is 4. The largest absolute Gasteiger partial charge is 0.321 e. The van der Waals surface area contributed by atoms with Crippen LogP contribution in [0.3, 0.4) is 0 Å². The van der Waals surface area contributed by atoms with Crippen molar-refractivity contribution in [2.45, 2.75) is 17.1 Å². The first-order valence-corrected chi connectivity index (χ1v) is 18.9. The predicted molar refractivity (Wildman–Crippen MR) is 220 cm³/mol. The molecule has 0 bridgehead atoms. The van der Waals surface area contributed by atoms with Gasteiger partial charge in [0, 0.05) is 26.9 Å². The summed E-state index contributed by atoms with van der Waals surface area (Å²) in [5, 5.41) is 21.3. The average Bonchev–Trinajstić information content (AvgIpc) is 3.51. The standard InChI is InChI=1S/C43H32ClN5O4S2/c1-27-35(26-45)43(55-37(27)41(52)46-32-19-9-4-10-20-32)49-42(53)38(29-14-5-2-6-15-29)54-34-22-12-21-33(25-34)47-40(51)36(24-28-13-11-18-31(44)23-28)48-39(50)30-16-7-3-8-17-30/h2-25,38H,1H3,(H,46,52)(H,47,51)(H,48,50)(H,49,53)/b36-24-. The molecule has 272 valence electrons. The molecule has 1 heterocycles. The van der Waals surface area contributed by atoms with Gasteiger partial charge in [-0.3, -0.25) is 19.2 Å². The molecule has 0 saturated heterocycles. The zero-order valence-electron chi connectivity index (χ0n) is 29.2. The van der Waals surface area contributed by atoms with Crippen molar-refractivity contribution in [2.24, 2.45) is 0 Å². The molecule has 1 unspecified atom stereocenters. The van der Waals surface area contributed by atoms with Crippen LogP contribution in [-0.4, -0.2) is 23.6 Å². The van der Waals surface area contributed by atoms with Gasteiger partial charge in [0.25, 0.3) is 17.7 Å². The summed E-state index contributed by atoms with van der Waals surface area (Å²) < 4.78 is 0. The molecule has 9 nitrogen and oxygen atoms in total. The van der Waals surface area contributed by atoms with Crippen LogP contribution in [0.2, 0.25) is 5.02 Å². The minimum absolute atomic E-state index is 0.00734. The monoisotopic (exact) mass is 781 g/mol. The van der Waals surface area contributed by atoms with Gasteiger partial charge in [-0.25, -0.2) is 0 Å². The summed E-state index contributed by atoms with van der Waals surface area (Å²) in [4.78, 5) is 55.1. The summed E-state index contributed by atoms with van der Waals surface area (Å²) >= 11 is 8.47. The van der Waals surface area contributed by atoms with E-state index in [0.717, 1.165) is 11.3 Å². The molecule has 0 aliphatic carbocycles. The minimum Gasteiger partial charge on any atom is -0.321 e. The number of anilines is 3. The maximum Gasteiger partial charge on any atom is 0.272 e. The van der Waals surface area contributed by atoms with Crippen LogP contribution in [0, 0.1) is 18.3 Å². The fraction of sp³-hybridized carbons (Fsp3) is 0.0465. The van der Waals surface area contributed by atoms with Gasteiger partial charge < -0.3 is 21.3 Å². The summed E-state index contributed by atoms with van der Waals surface area (Å²) in [6, 6.07) is 42.7. The number of nitriles is 1. The molecule has 0 fully saturated rings. The zero-order valence-corrected chi connectivity index (χ0v) is 31.6. The second kappa shape index (κ2) is 18.1. The average molecular weight is 782 g/mol. The fourth-order valence-corrected chi connectivity index (χ4v) is 7.77. The number of benzene rings is 5. The number of halogens is 1. The smallest absolute Gasteiger partial charge is 0.272 e. The van der Waals surface area contributed by atoms with Crippen molar-refractivity contribution in [3.63, 3.8) is 0 Å². The van der Waals surface area contributed by atoms with E-state index >= 15 is 0 Å². The number of thiophene rings is 1. The lowest BCUT2D eigenvalue weighted by molar-refractivity contribution is -0.116. The van der Waals surface area contributed by atoms with E-state index < -0.39 is 23.0 Å². The number of carbonyl (C=O) groups excluding carboxylic acids is 4. The number of para-hydroxylation sites is 1. The first kappa shape index (κ1) is 38.3. The van der Waals surface area contributed by atoms with Gasteiger partial charge in [-0.15, -0.1) is 23.1 Å². The van der Waals surface area contributed by atoms with Crippen LogP contribution in [0.1, 0.15) is 47.5 Å². The summed E-state index contributed by atoms with van der Waals surface area (Å²) in [5.41, 5.74) is 3.37. The molecule has 6 rings (SSSR count). The van der Waals surface area contributed by atoms with Crippen molar-refractivity contribution in [1.29, 1.82) is 5.26 Å². The summed E-state index contributed by atoms with van der Waals surface area (Å²) in [7, 11) is 0. The number of rotatable bonds is 12. The van der Waals surface area contributed by atoms with Gasteiger partial charge in [0.15, 0.2) is 0 Å². The zero-order chi connectivity index (χ0) is 38.7. The second-order valence-electron chi connectivity index (χ2n) is 12.0. The molecule has 0 aliphatic heterocycles. The fourth-order valence-electron chi connectivity index (χ4n) is 5.43. The molecular formula is C43H32ClN5O4S2. The Bertz CT molecular complexity index is 2430. The van der Waals surface area contributed by atoms with E-state index in [4.69, 9.17) is 11.6 Å². The summed E-state index contributed by atoms with van der Waals surface area (Å²) in [6.07, 6.45) is 1.54. The number of nitrogens with one attached hydrogen (secondary N) is 4. The number of thioether (sulfide) groups is 1. The molecule has 12 heteroatoms. The Balaban J connectivity index is 1.23. The van der Waals surface area contributed by atoms with Crippen molar-refractivity contribution >= 4 is 80.8 Å². The van der Waals surface area contributed by atoms with Gasteiger partial charge in [0.05, 0.1) is 10.4 Å². The number of hydrogen-bond acceptors (Lipinski definition) is 7. The SMILES string of the molecule is Cc1c(C(=O)Nc2ccccc2)sc(NC(=O)C(Sc2cccc(NC(=O)/C(=C/c3cccc(Cl)c3)NC(=O)c3ccccc3)c2)c2ccccc2)c1C#N. The molecule has 55 heavy (non-hydrogen) atoms. The topological polar surface area (TPSA) is 140 Å². The lowest BCUT2D eigenvalue weighted by Crippen LogP contribution is -2.30. The Morgan fingerprint density at radius 1 is 0.745 bits per heavy atom. The number of nitrogens with zero attached hydrogens (tertiary/aromatic N) is 1. The molecule has 1 aromatic heterocycles. The summed E-state index contributed by atoms with van der Waals surface area (Å²) in [6.45, 7) is 1.68. The van der Waals surface area contributed by atoms with Crippen molar-refractivity contribution < 1.29 is 19.2 Å². The number of hydrogen-bond donors (Lipinski definition) is 4. The van der Waals surface area contributed by atoms with E-state index in [-0.39, 0.29) is 22.2 Å².